The normalized spacial score (nSPS) is 11.7. The van der Waals surface area contributed by atoms with Gasteiger partial charge in [0.2, 0.25) is 0 Å². The quantitative estimate of drug-likeness (QED) is 0.450. The molecule has 0 aliphatic rings. The highest BCUT2D eigenvalue weighted by Crippen LogP contribution is 2.28. The van der Waals surface area contributed by atoms with Gasteiger partial charge in [0.15, 0.2) is 0 Å². The van der Waals surface area contributed by atoms with Crippen LogP contribution in [0.25, 0.3) is 11.1 Å². The van der Waals surface area contributed by atoms with Crippen molar-refractivity contribution in [3.8, 4) is 11.1 Å². The molecule has 3 aromatic rings. The van der Waals surface area contributed by atoms with Crippen molar-refractivity contribution in [2.24, 2.45) is 0 Å². The summed E-state index contributed by atoms with van der Waals surface area (Å²) in [5.74, 6) is 2.64. The summed E-state index contributed by atoms with van der Waals surface area (Å²) < 4.78 is 33.5. The number of benzene rings is 2. The molecule has 4 nitrogen and oxygen atoms in total. The Balaban J connectivity index is 1.85. The highest BCUT2D eigenvalue weighted by Gasteiger charge is 2.19. The van der Waals surface area contributed by atoms with Crippen LogP contribution >= 0.6 is 10.5 Å². The Morgan fingerprint density at radius 2 is 1.97 bits per heavy atom. The molecule has 0 radical (unpaired) electrons. The van der Waals surface area contributed by atoms with Crippen molar-refractivity contribution in [3.63, 3.8) is 0 Å². The smallest absolute Gasteiger partial charge is 0.341 e. The maximum Gasteiger partial charge on any atom is 0.341 e. The predicted molar refractivity (Wildman–Crippen MR) is 114 cm³/mol. The van der Waals surface area contributed by atoms with Crippen molar-refractivity contribution in [1.29, 1.82) is 0 Å². The van der Waals surface area contributed by atoms with Gasteiger partial charge in [0.05, 0.1) is 7.11 Å². The lowest BCUT2D eigenvalue weighted by molar-refractivity contribution is 0.0596. The van der Waals surface area contributed by atoms with E-state index in [0.717, 1.165) is 4.90 Å². The van der Waals surface area contributed by atoms with Gasteiger partial charge in [-0.15, -0.1) is 0 Å². The summed E-state index contributed by atoms with van der Waals surface area (Å²) in [7, 11) is 1.03. The largest absolute Gasteiger partial charge is 0.465 e. The highest BCUT2D eigenvalue weighted by atomic mass is 32.2. The molecule has 150 valence electrons. The summed E-state index contributed by atoms with van der Waals surface area (Å²) in [5.41, 5.74) is 0.861. The summed E-state index contributed by atoms with van der Waals surface area (Å²) >= 11 is 0. The first-order chi connectivity index (χ1) is 13.9. The molecule has 0 fully saturated rings. The van der Waals surface area contributed by atoms with Gasteiger partial charge in [-0.1, -0.05) is 30.1 Å². The third-order valence-corrected chi connectivity index (χ3v) is 5.42. The number of aromatic nitrogens is 1. The number of rotatable bonds is 6. The van der Waals surface area contributed by atoms with E-state index in [9.17, 15) is 13.6 Å². The molecule has 0 aliphatic carbocycles. The summed E-state index contributed by atoms with van der Waals surface area (Å²) in [6.07, 6.45) is 3.69. The van der Waals surface area contributed by atoms with Gasteiger partial charge < -0.3 is 10.1 Å². The topological polar surface area (TPSA) is 51.2 Å². The molecule has 0 bridgehead atoms. The van der Waals surface area contributed by atoms with Crippen LogP contribution in [0, 0.1) is 11.6 Å². The van der Waals surface area contributed by atoms with Crippen molar-refractivity contribution in [2.45, 2.75) is 11.4 Å². The lowest BCUT2D eigenvalue weighted by Gasteiger charge is -2.12. The summed E-state index contributed by atoms with van der Waals surface area (Å²) in [5, 5.41) is 3.10. The number of carbonyl (C=O) groups is 1. The van der Waals surface area contributed by atoms with E-state index in [1.807, 2.05) is 18.4 Å². The Morgan fingerprint density at radius 1 is 1.17 bits per heavy atom. The molecule has 3 rings (SSSR count). The minimum atomic E-state index is -0.810. The number of halogens is 2. The molecule has 0 aliphatic heterocycles. The fraction of sp³-hybridized carbons (Fsp3) is 0.136. The summed E-state index contributed by atoms with van der Waals surface area (Å²) in [6, 6.07) is 12.5. The van der Waals surface area contributed by atoms with E-state index >= 15 is 0 Å². The maximum atomic E-state index is 14.7. The number of hydrogen-bond acceptors (Lipinski definition) is 4. The highest BCUT2D eigenvalue weighted by molar-refractivity contribution is 8.13. The molecule has 0 amide bonds. The van der Waals surface area contributed by atoms with Gasteiger partial charge >= 0.3 is 5.97 Å². The van der Waals surface area contributed by atoms with Crippen molar-refractivity contribution in [2.75, 3.05) is 18.7 Å². The predicted octanol–water partition coefficient (Wildman–Crippen LogP) is 5.12. The zero-order chi connectivity index (χ0) is 21.0. The van der Waals surface area contributed by atoms with Crippen LogP contribution in [0.1, 0.15) is 15.9 Å². The molecule has 1 heterocycles. The number of anilines is 1. The van der Waals surface area contributed by atoms with Gasteiger partial charge in [-0.2, -0.15) is 10.5 Å². The van der Waals surface area contributed by atoms with E-state index in [4.69, 9.17) is 0 Å². The number of methoxy groups -OCH3 is 1. The second-order valence-electron chi connectivity index (χ2n) is 6.33. The Labute approximate surface area is 170 Å². The monoisotopic (exact) mass is 414 g/mol. The second-order valence-corrected chi connectivity index (χ2v) is 8.07. The lowest BCUT2D eigenvalue weighted by atomic mass is 9.98. The molecule has 7 heteroatoms. The van der Waals surface area contributed by atoms with Crippen LogP contribution in [-0.4, -0.2) is 30.2 Å². The Bertz CT molecular complexity index is 1090. The average molecular weight is 414 g/mol. The van der Waals surface area contributed by atoms with Crippen LogP contribution in [0.15, 0.2) is 59.6 Å². The molecule has 1 unspecified atom stereocenters. The molecule has 1 atom stereocenters. The second kappa shape index (κ2) is 8.96. The molecule has 0 spiro atoms. The van der Waals surface area contributed by atoms with Crippen LogP contribution in [-0.2, 0) is 11.3 Å². The van der Waals surface area contributed by atoms with Gasteiger partial charge in [-0.05, 0) is 41.6 Å². The van der Waals surface area contributed by atoms with E-state index in [1.165, 1.54) is 25.3 Å². The Morgan fingerprint density at radius 3 is 2.66 bits per heavy atom. The van der Waals surface area contributed by atoms with E-state index in [-0.39, 0.29) is 28.2 Å². The van der Waals surface area contributed by atoms with Gasteiger partial charge in [-0.25, -0.2) is 18.6 Å². The lowest BCUT2D eigenvalue weighted by Crippen LogP contribution is -2.07. The third-order valence-electron chi connectivity index (χ3n) is 4.36. The molecule has 1 aromatic heterocycles. The van der Waals surface area contributed by atoms with E-state index in [0.29, 0.717) is 16.9 Å². The van der Waals surface area contributed by atoms with Crippen LogP contribution in [0.4, 0.5) is 14.6 Å². The third kappa shape index (κ3) is 4.68. The zero-order valence-corrected chi connectivity index (χ0v) is 16.9. The number of nitrogens with zero attached hydrogens (tertiary/aromatic N) is 1. The Kier molecular flexibility index (Phi) is 6.39. The molecule has 1 N–H and O–H groups in total. The molecular formula is C22H20F2N2O2S. The molecule has 2 aromatic carbocycles. The van der Waals surface area contributed by atoms with E-state index in [1.54, 1.807) is 24.4 Å². The van der Waals surface area contributed by atoms with Crippen LogP contribution in [0.3, 0.4) is 0 Å². The van der Waals surface area contributed by atoms with Crippen LogP contribution < -0.4 is 5.32 Å². The van der Waals surface area contributed by atoms with Crippen molar-refractivity contribution >= 4 is 28.1 Å². The average Bonchev–Trinajstić information content (AvgIpc) is 2.72. The maximum absolute atomic E-state index is 14.7. The van der Waals surface area contributed by atoms with E-state index in [2.05, 4.69) is 20.9 Å². The SMILES string of the molecule is C=S(C)c1ccnc(NCc2ccc(-c3cccc(F)c3C(=O)OC)cc2F)c1. The van der Waals surface area contributed by atoms with Crippen LogP contribution in [0.2, 0.25) is 0 Å². The number of nitrogens with one attached hydrogen (secondary N) is 1. The van der Waals surface area contributed by atoms with Gasteiger partial charge in [-0.3, -0.25) is 0 Å². The van der Waals surface area contributed by atoms with Crippen LogP contribution in [0.5, 0.6) is 0 Å². The fourth-order valence-electron chi connectivity index (χ4n) is 2.84. The number of hydrogen-bond donors (Lipinski definition) is 1. The van der Waals surface area contributed by atoms with Crippen molar-refractivity contribution in [3.05, 3.63) is 77.5 Å². The number of carbonyl (C=O) groups excluding carboxylic acids is 1. The van der Waals surface area contributed by atoms with Gasteiger partial charge in [0.25, 0.3) is 0 Å². The summed E-state index contributed by atoms with van der Waals surface area (Å²) in [6.45, 7) is 0.226. The minimum absolute atomic E-state index is 0.148. The first kappa shape index (κ1) is 20.7. The number of ether oxygens (including phenoxy) is 1. The standard InChI is InChI=1S/C22H20F2N2O2S/c1-28-22(27)21-17(5-4-6-18(21)23)14-7-8-15(19(24)11-14)13-26-20-12-16(29(2)3)9-10-25-20/h4-12H,2,13H2,1,3H3,(H,25,26). The molecular weight excluding hydrogens is 394 g/mol. The molecule has 0 saturated carbocycles. The zero-order valence-electron chi connectivity index (χ0n) is 16.0. The van der Waals surface area contributed by atoms with Gasteiger partial charge in [0.1, 0.15) is 23.0 Å². The van der Waals surface area contributed by atoms with Crippen molar-refractivity contribution in [1.82, 2.24) is 4.98 Å². The van der Waals surface area contributed by atoms with Gasteiger partial charge in [0, 0.05) is 23.2 Å². The summed E-state index contributed by atoms with van der Waals surface area (Å²) in [4.78, 5) is 17.2. The van der Waals surface area contributed by atoms with Crippen molar-refractivity contribution < 1.29 is 18.3 Å². The first-order valence-corrected chi connectivity index (χ1v) is 10.5. The molecule has 0 saturated heterocycles. The Hall–Kier alpha value is -3.06. The number of esters is 1. The minimum Gasteiger partial charge on any atom is -0.465 e. The molecule has 29 heavy (non-hydrogen) atoms. The van der Waals surface area contributed by atoms with E-state index < -0.39 is 17.6 Å². The number of pyridine rings is 1. The fourth-order valence-corrected chi connectivity index (χ4v) is 3.45. The first-order valence-electron chi connectivity index (χ1n) is 8.72.